The third-order valence-electron chi connectivity index (χ3n) is 4.12. The van der Waals surface area contributed by atoms with E-state index in [-0.39, 0.29) is 5.91 Å². The Hall–Kier alpha value is -2.53. The molecule has 0 aliphatic rings. The highest BCUT2D eigenvalue weighted by atomic mass is 16.5. The van der Waals surface area contributed by atoms with E-state index in [1.54, 1.807) is 0 Å². The normalized spacial score (nSPS) is 10.7. The lowest BCUT2D eigenvalue weighted by molar-refractivity contribution is -0.117. The maximum Gasteiger partial charge on any atom is 0.238 e. The quantitative estimate of drug-likeness (QED) is 0.746. The van der Waals surface area contributed by atoms with Crippen molar-refractivity contribution < 1.29 is 9.53 Å². The Balaban J connectivity index is 1.88. The van der Waals surface area contributed by atoms with E-state index in [4.69, 9.17) is 4.74 Å². The monoisotopic (exact) mass is 355 g/mol. The van der Waals surface area contributed by atoms with Crippen molar-refractivity contribution in [2.45, 2.75) is 20.4 Å². The topological polar surface area (TPSA) is 44.8 Å². The molecule has 0 bridgehead atoms. The zero-order valence-corrected chi connectivity index (χ0v) is 16.2. The molecular formula is C21H29N3O2. The smallest absolute Gasteiger partial charge is 0.238 e. The molecule has 0 aliphatic heterocycles. The zero-order chi connectivity index (χ0) is 18.9. The van der Waals surface area contributed by atoms with E-state index >= 15 is 0 Å². The maximum atomic E-state index is 12.3. The van der Waals surface area contributed by atoms with Crippen LogP contribution < -0.4 is 15.0 Å². The number of nitrogens with zero attached hydrogens (tertiary/aromatic N) is 2. The van der Waals surface area contributed by atoms with Crippen molar-refractivity contribution in [2.75, 3.05) is 44.0 Å². The number of benzene rings is 2. The van der Waals surface area contributed by atoms with Crippen molar-refractivity contribution in [3.8, 4) is 5.75 Å². The van der Waals surface area contributed by atoms with Gasteiger partial charge in [0.05, 0.1) is 13.2 Å². The van der Waals surface area contributed by atoms with Gasteiger partial charge in [0.15, 0.2) is 0 Å². The largest absolute Gasteiger partial charge is 0.494 e. The van der Waals surface area contributed by atoms with Crippen LogP contribution in [-0.4, -0.2) is 44.6 Å². The van der Waals surface area contributed by atoms with Crippen molar-refractivity contribution in [3.63, 3.8) is 0 Å². The molecule has 0 aliphatic carbocycles. The fourth-order valence-corrected chi connectivity index (χ4v) is 2.64. The van der Waals surface area contributed by atoms with E-state index in [0.717, 1.165) is 24.5 Å². The summed E-state index contributed by atoms with van der Waals surface area (Å²) in [5, 5.41) is 2.94. The molecule has 0 saturated heterocycles. The summed E-state index contributed by atoms with van der Waals surface area (Å²) >= 11 is 0. The highest BCUT2D eigenvalue weighted by Gasteiger charge is 2.10. The number of nitrogens with one attached hydrogen (secondary N) is 1. The molecule has 0 fully saturated rings. The van der Waals surface area contributed by atoms with E-state index < -0.39 is 0 Å². The van der Waals surface area contributed by atoms with Crippen LogP contribution in [0.2, 0.25) is 0 Å². The van der Waals surface area contributed by atoms with Gasteiger partial charge in [-0.2, -0.15) is 0 Å². The molecule has 0 spiro atoms. The zero-order valence-electron chi connectivity index (χ0n) is 16.2. The van der Waals surface area contributed by atoms with E-state index in [9.17, 15) is 4.79 Å². The Bertz CT molecular complexity index is 681. The first-order valence-electron chi connectivity index (χ1n) is 9.03. The molecule has 5 nitrogen and oxygen atoms in total. The summed E-state index contributed by atoms with van der Waals surface area (Å²) in [4.78, 5) is 16.5. The number of anilines is 2. The molecule has 0 aromatic heterocycles. The molecule has 0 unspecified atom stereocenters. The lowest BCUT2D eigenvalue weighted by atomic mass is 10.2. The molecule has 0 saturated carbocycles. The van der Waals surface area contributed by atoms with Crippen molar-refractivity contribution in [1.29, 1.82) is 0 Å². The minimum atomic E-state index is -0.0130. The Morgan fingerprint density at radius 2 is 1.65 bits per heavy atom. The van der Waals surface area contributed by atoms with Gasteiger partial charge in [0.25, 0.3) is 0 Å². The minimum absolute atomic E-state index is 0.0130. The van der Waals surface area contributed by atoms with Crippen LogP contribution in [0.5, 0.6) is 5.75 Å². The van der Waals surface area contributed by atoms with Crippen LogP contribution in [0.3, 0.4) is 0 Å². The number of carbonyl (C=O) groups excluding carboxylic acids is 1. The van der Waals surface area contributed by atoms with Crippen LogP contribution in [0.15, 0.2) is 48.5 Å². The molecule has 0 heterocycles. The molecule has 2 rings (SSSR count). The summed E-state index contributed by atoms with van der Waals surface area (Å²) in [6, 6.07) is 15.9. The molecule has 2 aromatic rings. The van der Waals surface area contributed by atoms with Gasteiger partial charge in [-0.05, 0) is 55.4 Å². The molecule has 2 aromatic carbocycles. The summed E-state index contributed by atoms with van der Waals surface area (Å²) in [5.74, 6) is 0.794. The molecule has 1 N–H and O–H groups in total. The molecular weight excluding hydrogens is 326 g/mol. The standard InChI is InChI=1S/C21H29N3O2/c1-5-24(15-17-7-11-19(12-8-17)23(3)4)16-21(25)22-18-9-13-20(14-10-18)26-6-2/h7-14H,5-6,15-16H2,1-4H3,(H,22,25). The third kappa shape index (κ3) is 6.08. The number of amides is 1. The van der Waals surface area contributed by atoms with Gasteiger partial charge in [-0.3, -0.25) is 9.69 Å². The van der Waals surface area contributed by atoms with Crippen LogP contribution >= 0.6 is 0 Å². The van der Waals surface area contributed by atoms with Crippen LogP contribution in [-0.2, 0) is 11.3 Å². The number of ether oxygens (including phenoxy) is 1. The van der Waals surface area contributed by atoms with Crippen molar-refractivity contribution in [1.82, 2.24) is 4.90 Å². The van der Waals surface area contributed by atoms with Gasteiger partial charge in [0, 0.05) is 32.0 Å². The van der Waals surface area contributed by atoms with Gasteiger partial charge in [-0.1, -0.05) is 19.1 Å². The van der Waals surface area contributed by atoms with Crippen LogP contribution in [0, 0.1) is 0 Å². The first kappa shape index (κ1) is 19.8. The van der Waals surface area contributed by atoms with Crippen molar-refractivity contribution in [3.05, 3.63) is 54.1 Å². The van der Waals surface area contributed by atoms with Crippen LogP contribution in [0.1, 0.15) is 19.4 Å². The van der Waals surface area contributed by atoms with E-state index in [1.807, 2.05) is 45.3 Å². The van der Waals surface area contributed by atoms with E-state index in [1.165, 1.54) is 11.3 Å². The molecule has 0 atom stereocenters. The molecule has 1 amide bonds. The lowest BCUT2D eigenvalue weighted by Crippen LogP contribution is -2.32. The highest BCUT2D eigenvalue weighted by Crippen LogP contribution is 2.16. The number of likely N-dealkylation sites (N-methyl/N-ethyl adjacent to an activating group) is 1. The molecule has 140 valence electrons. The summed E-state index contributed by atoms with van der Waals surface area (Å²) in [7, 11) is 4.05. The highest BCUT2D eigenvalue weighted by molar-refractivity contribution is 5.92. The van der Waals surface area contributed by atoms with Crippen molar-refractivity contribution in [2.24, 2.45) is 0 Å². The predicted molar refractivity (Wildman–Crippen MR) is 108 cm³/mol. The van der Waals surface area contributed by atoms with Crippen LogP contribution in [0.4, 0.5) is 11.4 Å². The summed E-state index contributed by atoms with van der Waals surface area (Å²) < 4.78 is 5.41. The van der Waals surface area contributed by atoms with Gasteiger partial charge >= 0.3 is 0 Å². The third-order valence-corrected chi connectivity index (χ3v) is 4.12. The van der Waals surface area contributed by atoms with Gasteiger partial charge in [-0.25, -0.2) is 0 Å². The van der Waals surface area contributed by atoms with Crippen LogP contribution in [0.25, 0.3) is 0 Å². The molecule has 26 heavy (non-hydrogen) atoms. The second kappa shape index (κ2) is 9.82. The lowest BCUT2D eigenvalue weighted by Gasteiger charge is -2.20. The van der Waals surface area contributed by atoms with Gasteiger partial charge < -0.3 is 15.0 Å². The summed E-state index contributed by atoms with van der Waals surface area (Å²) in [6.07, 6.45) is 0. The van der Waals surface area contributed by atoms with Gasteiger partial charge in [0.2, 0.25) is 5.91 Å². The fourth-order valence-electron chi connectivity index (χ4n) is 2.64. The van der Waals surface area contributed by atoms with E-state index in [0.29, 0.717) is 13.2 Å². The van der Waals surface area contributed by atoms with Crippen molar-refractivity contribution >= 4 is 17.3 Å². The Morgan fingerprint density at radius 1 is 1.00 bits per heavy atom. The SMILES string of the molecule is CCOc1ccc(NC(=O)CN(CC)Cc2ccc(N(C)C)cc2)cc1. The van der Waals surface area contributed by atoms with Gasteiger partial charge in [0.1, 0.15) is 5.75 Å². The molecule has 0 radical (unpaired) electrons. The first-order chi connectivity index (χ1) is 12.5. The maximum absolute atomic E-state index is 12.3. The number of hydrogen-bond donors (Lipinski definition) is 1. The fraction of sp³-hybridized carbons (Fsp3) is 0.381. The number of hydrogen-bond acceptors (Lipinski definition) is 4. The van der Waals surface area contributed by atoms with Gasteiger partial charge in [-0.15, -0.1) is 0 Å². The minimum Gasteiger partial charge on any atom is -0.494 e. The number of rotatable bonds is 9. The second-order valence-corrected chi connectivity index (χ2v) is 6.37. The predicted octanol–water partition coefficient (Wildman–Crippen LogP) is 3.61. The Morgan fingerprint density at radius 3 is 2.19 bits per heavy atom. The van der Waals surface area contributed by atoms with E-state index in [2.05, 4.69) is 46.3 Å². The average molecular weight is 355 g/mol. The number of carbonyl (C=O) groups is 1. The average Bonchev–Trinajstić information content (AvgIpc) is 2.63. The Labute approximate surface area is 156 Å². The summed E-state index contributed by atoms with van der Waals surface area (Å²) in [6.45, 7) is 6.57. The molecule has 5 heteroatoms. The Kier molecular flexibility index (Phi) is 7.48. The first-order valence-corrected chi connectivity index (χ1v) is 9.03. The summed E-state index contributed by atoms with van der Waals surface area (Å²) in [5.41, 5.74) is 3.15. The second-order valence-electron chi connectivity index (χ2n) is 6.37.